The number of nitrogens with zero attached hydrogens (tertiary/aromatic N) is 2. The number of hydrogen-bond donors (Lipinski definition) is 0. The molecule has 8 heteroatoms. The highest BCUT2D eigenvalue weighted by Crippen LogP contribution is 2.25. The van der Waals surface area contributed by atoms with Gasteiger partial charge in [-0.05, 0) is 32.9 Å². The van der Waals surface area contributed by atoms with E-state index in [-0.39, 0.29) is 24.0 Å². The van der Waals surface area contributed by atoms with Crippen LogP contribution in [0.4, 0.5) is 0 Å². The Hall–Kier alpha value is -0.960. The maximum absolute atomic E-state index is 12.8. The van der Waals surface area contributed by atoms with E-state index in [4.69, 9.17) is 0 Å². The average molecular weight is 346 g/mol. The Morgan fingerprint density at radius 1 is 0.909 bits per heavy atom. The summed E-state index contributed by atoms with van der Waals surface area (Å²) in [5, 5.41) is 0. The minimum atomic E-state index is -3.62. The Labute approximate surface area is 132 Å². The van der Waals surface area contributed by atoms with Gasteiger partial charge in [0, 0.05) is 25.2 Å². The topological polar surface area (TPSA) is 74.8 Å². The molecule has 1 aliphatic heterocycles. The maximum atomic E-state index is 12.8. The predicted octanol–water partition coefficient (Wildman–Crippen LogP) is 1.04. The van der Waals surface area contributed by atoms with E-state index in [9.17, 15) is 16.8 Å². The number of benzene rings is 1. The summed E-state index contributed by atoms with van der Waals surface area (Å²) in [6.07, 6.45) is 1.15. The zero-order valence-electron chi connectivity index (χ0n) is 13.2. The van der Waals surface area contributed by atoms with Gasteiger partial charge in [-0.3, -0.25) is 0 Å². The fourth-order valence-electron chi connectivity index (χ4n) is 2.71. The number of aryl methyl sites for hydroxylation is 1. The Balaban J connectivity index is 2.32. The summed E-state index contributed by atoms with van der Waals surface area (Å²) in [6.45, 7) is 5.68. The normalized spacial score (nSPS) is 25.3. The summed E-state index contributed by atoms with van der Waals surface area (Å²) in [5.41, 5.74) is 0.988. The molecule has 6 nitrogen and oxygen atoms in total. The lowest BCUT2D eigenvalue weighted by Crippen LogP contribution is -2.59. The largest absolute Gasteiger partial charge is 0.243 e. The predicted molar refractivity (Wildman–Crippen MR) is 85.5 cm³/mol. The second kappa shape index (κ2) is 5.92. The first kappa shape index (κ1) is 17.4. The van der Waals surface area contributed by atoms with Crippen molar-refractivity contribution in [3.8, 4) is 0 Å². The van der Waals surface area contributed by atoms with Crippen molar-refractivity contribution in [3.63, 3.8) is 0 Å². The van der Waals surface area contributed by atoms with Gasteiger partial charge in [-0.2, -0.15) is 8.61 Å². The fourth-order valence-corrected chi connectivity index (χ4v) is 5.62. The molecule has 1 aromatic carbocycles. The summed E-state index contributed by atoms with van der Waals surface area (Å²) in [6, 6.07) is 5.90. The van der Waals surface area contributed by atoms with Crippen molar-refractivity contribution >= 4 is 20.0 Å². The standard InChI is InChI=1S/C14H22N2O4S2/c1-11-5-7-14(8-6-11)22(19,20)16-10-12(2)15(9-13(16)3)21(4,17)18/h5-8,12-13H,9-10H2,1-4H3/t12-,13-/m0/s1. The maximum Gasteiger partial charge on any atom is 0.243 e. The molecule has 0 spiro atoms. The van der Waals surface area contributed by atoms with Crippen LogP contribution < -0.4 is 0 Å². The quantitative estimate of drug-likeness (QED) is 0.819. The molecule has 0 radical (unpaired) electrons. The van der Waals surface area contributed by atoms with E-state index in [2.05, 4.69) is 0 Å². The molecule has 0 aliphatic carbocycles. The Morgan fingerprint density at radius 2 is 1.36 bits per heavy atom. The Kier molecular flexibility index (Phi) is 4.68. The van der Waals surface area contributed by atoms with Gasteiger partial charge in [0.1, 0.15) is 0 Å². The molecule has 1 aliphatic rings. The number of rotatable bonds is 3. The first-order valence-electron chi connectivity index (χ1n) is 7.09. The minimum Gasteiger partial charge on any atom is -0.212 e. The van der Waals surface area contributed by atoms with Gasteiger partial charge in [0.05, 0.1) is 11.2 Å². The van der Waals surface area contributed by atoms with Crippen molar-refractivity contribution in [1.82, 2.24) is 8.61 Å². The first-order valence-corrected chi connectivity index (χ1v) is 10.4. The summed E-state index contributed by atoms with van der Waals surface area (Å²) < 4.78 is 51.8. The first-order chi connectivity index (χ1) is 10.0. The van der Waals surface area contributed by atoms with Gasteiger partial charge in [0.25, 0.3) is 0 Å². The molecule has 1 aromatic rings. The Bertz CT molecular complexity index is 742. The highest BCUT2D eigenvalue weighted by molar-refractivity contribution is 7.89. The van der Waals surface area contributed by atoms with E-state index in [1.165, 1.54) is 8.61 Å². The third-order valence-electron chi connectivity index (χ3n) is 3.93. The number of sulfonamides is 2. The van der Waals surface area contributed by atoms with Crippen molar-refractivity contribution < 1.29 is 16.8 Å². The molecule has 124 valence electrons. The lowest BCUT2D eigenvalue weighted by molar-refractivity contribution is 0.164. The lowest BCUT2D eigenvalue weighted by atomic mass is 10.2. The molecule has 0 amide bonds. The van der Waals surface area contributed by atoms with Gasteiger partial charge in [0.2, 0.25) is 20.0 Å². The number of piperazine rings is 1. The number of hydrogen-bond acceptors (Lipinski definition) is 4. The van der Waals surface area contributed by atoms with Crippen LogP contribution in [0.5, 0.6) is 0 Å². The van der Waals surface area contributed by atoms with Crippen LogP contribution in [0.15, 0.2) is 29.2 Å². The molecule has 1 heterocycles. The van der Waals surface area contributed by atoms with E-state index >= 15 is 0 Å². The van der Waals surface area contributed by atoms with Gasteiger partial charge < -0.3 is 0 Å². The van der Waals surface area contributed by atoms with Gasteiger partial charge in [-0.1, -0.05) is 17.7 Å². The molecular weight excluding hydrogens is 324 g/mol. The molecule has 0 bridgehead atoms. The zero-order valence-corrected chi connectivity index (χ0v) is 14.9. The van der Waals surface area contributed by atoms with Crippen LogP contribution in [0, 0.1) is 6.92 Å². The molecule has 1 saturated heterocycles. The SMILES string of the molecule is Cc1ccc(S(=O)(=O)N2C[C@H](C)N(S(C)(=O)=O)C[C@@H]2C)cc1. The summed E-state index contributed by atoms with van der Waals surface area (Å²) in [5.74, 6) is 0. The third-order valence-corrected chi connectivity index (χ3v) is 7.28. The molecule has 0 saturated carbocycles. The van der Waals surface area contributed by atoms with E-state index in [0.29, 0.717) is 0 Å². The van der Waals surface area contributed by atoms with Crippen LogP contribution in [-0.4, -0.2) is 56.9 Å². The van der Waals surface area contributed by atoms with Crippen LogP contribution >= 0.6 is 0 Å². The molecule has 2 rings (SSSR count). The second-order valence-electron chi connectivity index (χ2n) is 5.92. The van der Waals surface area contributed by atoms with Crippen LogP contribution in [0.1, 0.15) is 19.4 Å². The second-order valence-corrected chi connectivity index (χ2v) is 9.74. The van der Waals surface area contributed by atoms with E-state index in [1.807, 2.05) is 6.92 Å². The van der Waals surface area contributed by atoms with E-state index < -0.39 is 26.1 Å². The van der Waals surface area contributed by atoms with Gasteiger partial charge in [-0.25, -0.2) is 16.8 Å². The molecule has 22 heavy (non-hydrogen) atoms. The van der Waals surface area contributed by atoms with Crippen LogP contribution in [0.25, 0.3) is 0 Å². The van der Waals surface area contributed by atoms with Gasteiger partial charge in [-0.15, -0.1) is 0 Å². The Morgan fingerprint density at radius 3 is 1.86 bits per heavy atom. The van der Waals surface area contributed by atoms with Crippen LogP contribution in [-0.2, 0) is 20.0 Å². The minimum absolute atomic E-state index is 0.157. The van der Waals surface area contributed by atoms with Crippen molar-refractivity contribution in [2.24, 2.45) is 0 Å². The molecule has 0 N–H and O–H groups in total. The van der Waals surface area contributed by atoms with Crippen molar-refractivity contribution in [2.45, 2.75) is 37.8 Å². The molecule has 1 fully saturated rings. The van der Waals surface area contributed by atoms with Crippen molar-refractivity contribution in [3.05, 3.63) is 29.8 Å². The zero-order chi connectivity index (χ0) is 16.7. The van der Waals surface area contributed by atoms with E-state index in [1.54, 1.807) is 38.1 Å². The highest BCUT2D eigenvalue weighted by Gasteiger charge is 2.39. The van der Waals surface area contributed by atoms with Gasteiger partial charge >= 0.3 is 0 Å². The van der Waals surface area contributed by atoms with Gasteiger partial charge in [0.15, 0.2) is 0 Å². The smallest absolute Gasteiger partial charge is 0.212 e. The summed E-state index contributed by atoms with van der Waals surface area (Å²) in [7, 11) is -6.95. The monoisotopic (exact) mass is 346 g/mol. The molecular formula is C14H22N2O4S2. The van der Waals surface area contributed by atoms with Crippen molar-refractivity contribution in [2.75, 3.05) is 19.3 Å². The van der Waals surface area contributed by atoms with Crippen molar-refractivity contribution in [1.29, 1.82) is 0 Å². The third kappa shape index (κ3) is 3.34. The average Bonchev–Trinajstić information content (AvgIpc) is 2.40. The molecule has 0 aromatic heterocycles. The lowest BCUT2D eigenvalue weighted by Gasteiger charge is -2.41. The summed E-state index contributed by atoms with van der Waals surface area (Å²) >= 11 is 0. The van der Waals surface area contributed by atoms with E-state index in [0.717, 1.165) is 11.8 Å². The summed E-state index contributed by atoms with van der Waals surface area (Å²) in [4.78, 5) is 0.241. The molecule has 0 unspecified atom stereocenters. The highest BCUT2D eigenvalue weighted by atomic mass is 32.2. The fraction of sp³-hybridized carbons (Fsp3) is 0.571. The molecule has 2 atom stereocenters. The van der Waals surface area contributed by atoms with Crippen LogP contribution in [0.2, 0.25) is 0 Å². The van der Waals surface area contributed by atoms with Crippen LogP contribution in [0.3, 0.4) is 0 Å².